The zero-order valence-electron chi connectivity index (χ0n) is 12.4. The molecule has 0 radical (unpaired) electrons. The summed E-state index contributed by atoms with van der Waals surface area (Å²) in [4.78, 5) is 7.37. The first-order valence-electron chi connectivity index (χ1n) is 6.67. The van der Waals surface area contributed by atoms with Gasteiger partial charge in [0.2, 0.25) is 0 Å². The van der Waals surface area contributed by atoms with Gasteiger partial charge in [0.05, 0.1) is 21.4 Å². The van der Waals surface area contributed by atoms with Crippen LogP contribution < -0.4 is 5.32 Å². The first-order chi connectivity index (χ1) is 9.75. The number of aliphatic imine (C=N–C) groups is 1. The Bertz CT molecular complexity index is 638. The Labute approximate surface area is 134 Å². The van der Waals surface area contributed by atoms with Gasteiger partial charge in [-0.2, -0.15) is 0 Å². The van der Waals surface area contributed by atoms with Crippen molar-refractivity contribution < 1.29 is 8.42 Å². The van der Waals surface area contributed by atoms with Gasteiger partial charge in [0.15, 0.2) is 15.8 Å². The molecule has 1 aliphatic heterocycles. The predicted octanol–water partition coefficient (Wildman–Crippen LogP) is 1.99. The summed E-state index contributed by atoms with van der Waals surface area (Å²) in [5.41, 5.74) is 0. The van der Waals surface area contributed by atoms with E-state index in [4.69, 9.17) is 11.6 Å². The van der Waals surface area contributed by atoms with Crippen molar-refractivity contribution in [2.24, 2.45) is 4.99 Å². The fourth-order valence-electron chi connectivity index (χ4n) is 2.27. The molecule has 1 fully saturated rings. The lowest BCUT2D eigenvalue weighted by atomic mass is 10.2. The maximum atomic E-state index is 12.0. The van der Waals surface area contributed by atoms with E-state index in [1.54, 1.807) is 20.9 Å². The van der Waals surface area contributed by atoms with E-state index in [2.05, 4.69) is 10.3 Å². The highest BCUT2D eigenvalue weighted by atomic mass is 35.5. The van der Waals surface area contributed by atoms with Crippen LogP contribution in [0, 0.1) is 0 Å². The van der Waals surface area contributed by atoms with Gasteiger partial charge < -0.3 is 10.2 Å². The van der Waals surface area contributed by atoms with Crippen LogP contribution in [0.4, 0.5) is 0 Å². The lowest BCUT2D eigenvalue weighted by Gasteiger charge is -2.39. The third-order valence-electron chi connectivity index (χ3n) is 3.60. The smallest absolute Gasteiger partial charge is 0.194 e. The molecule has 0 aliphatic carbocycles. The van der Waals surface area contributed by atoms with Gasteiger partial charge in [-0.05, 0) is 26.0 Å². The number of hydrogen-bond donors (Lipinski definition) is 1. The van der Waals surface area contributed by atoms with Crippen molar-refractivity contribution in [1.29, 1.82) is 0 Å². The minimum atomic E-state index is -3.04. The third kappa shape index (κ3) is 3.70. The molecule has 8 heteroatoms. The van der Waals surface area contributed by atoms with Crippen LogP contribution in [-0.2, 0) is 16.4 Å². The highest BCUT2D eigenvalue weighted by molar-refractivity contribution is 7.92. The molecule has 21 heavy (non-hydrogen) atoms. The number of hydrogen-bond acceptors (Lipinski definition) is 4. The van der Waals surface area contributed by atoms with Crippen LogP contribution in [-0.4, -0.2) is 49.9 Å². The maximum absolute atomic E-state index is 12.0. The molecular formula is C13H20ClN3O2S2. The van der Waals surface area contributed by atoms with Gasteiger partial charge in [-0.1, -0.05) is 11.6 Å². The highest BCUT2D eigenvalue weighted by Crippen LogP contribution is 2.24. The SMILES string of the molecule is CN=C(NCc1ccc(Cl)s1)N1CCS(=O)(=O)C(C)(C)C1. The van der Waals surface area contributed by atoms with E-state index in [9.17, 15) is 8.42 Å². The Morgan fingerprint density at radius 2 is 2.24 bits per heavy atom. The number of rotatable bonds is 2. The quantitative estimate of drug-likeness (QED) is 0.655. The first-order valence-corrected chi connectivity index (χ1v) is 9.52. The van der Waals surface area contributed by atoms with Crippen LogP contribution in [0.3, 0.4) is 0 Å². The molecule has 1 aliphatic rings. The van der Waals surface area contributed by atoms with Crippen molar-refractivity contribution in [3.05, 3.63) is 21.3 Å². The molecular weight excluding hydrogens is 330 g/mol. The number of sulfone groups is 1. The van der Waals surface area contributed by atoms with Gasteiger partial charge in [-0.3, -0.25) is 4.99 Å². The summed E-state index contributed by atoms with van der Waals surface area (Å²) in [6.07, 6.45) is 0. The molecule has 1 aromatic rings. The number of guanidine groups is 1. The van der Waals surface area contributed by atoms with Crippen molar-refractivity contribution in [3.63, 3.8) is 0 Å². The standard InChI is InChI=1S/C13H20ClN3O2S2/c1-13(2)9-17(6-7-21(13,18)19)12(15-3)16-8-10-4-5-11(14)20-10/h4-5H,6-9H2,1-3H3,(H,15,16). The molecule has 0 atom stereocenters. The maximum Gasteiger partial charge on any atom is 0.194 e. The molecule has 1 aromatic heterocycles. The van der Waals surface area contributed by atoms with Crippen LogP contribution in [0.1, 0.15) is 18.7 Å². The van der Waals surface area contributed by atoms with Crippen molar-refractivity contribution in [2.75, 3.05) is 25.9 Å². The van der Waals surface area contributed by atoms with Crippen LogP contribution >= 0.6 is 22.9 Å². The fourth-order valence-corrected chi connectivity index (χ4v) is 4.66. The van der Waals surface area contributed by atoms with E-state index in [1.165, 1.54) is 11.3 Å². The van der Waals surface area contributed by atoms with E-state index < -0.39 is 14.6 Å². The topological polar surface area (TPSA) is 61.8 Å². The molecule has 0 saturated carbocycles. The largest absolute Gasteiger partial charge is 0.351 e. The monoisotopic (exact) mass is 349 g/mol. The van der Waals surface area contributed by atoms with Gasteiger partial charge in [0.1, 0.15) is 0 Å². The summed E-state index contributed by atoms with van der Waals surface area (Å²) in [6.45, 7) is 5.08. The van der Waals surface area contributed by atoms with Crippen LogP contribution in [0.2, 0.25) is 4.34 Å². The molecule has 1 N–H and O–H groups in total. The van der Waals surface area contributed by atoms with Crippen molar-refractivity contribution in [3.8, 4) is 0 Å². The highest BCUT2D eigenvalue weighted by Gasteiger charge is 2.40. The van der Waals surface area contributed by atoms with Gasteiger partial charge >= 0.3 is 0 Å². The number of nitrogens with zero attached hydrogens (tertiary/aromatic N) is 2. The van der Waals surface area contributed by atoms with E-state index in [1.807, 2.05) is 17.0 Å². The zero-order valence-corrected chi connectivity index (χ0v) is 14.8. The molecule has 0 amide bonds. The Morgan fingerprint density at radius 3 is 2.76 bits per heavy atom. The molecule has 1 saturated heterocycles. The Hall–Kier alpha value is -0.790. The molecule has 0 spiro atoms. The van der Waals surface area contributed by atoms with E-state index in [-0.39, 0.29) is 5.75 Å². The molecule has 2 heterocycles. The summed E-state index contributed by atoms with van der Waals surface area (Å²) in [5, 5.41) is 3.27. The predicted molar refractivity (Wildman–Crippen MR) is 89.0 cm³/mol. The van der Waals surface area contributed by atoms with Crippen LogP contribution in [0.25, 0.3) is 0 Å². The molecule has 0 bridgehead atoms. The average molecular weight is 350 g/mol. The molecule has 5 nitrogen and oxygen atoms in total. The van der Waals surface area contributed by atoms with Crippen LogP contribution in [0.5, 0.6) is 0 Å². The second kappa shape index (κ2) is 6.14. The van der Waals surface area contributed by atoms with Gasteiger partial charge in [-0.25, -0.2) is 8.42 Å². The Morgan fingerprint density at radius 1 is 1.52 bits per heavy atom. The molecule has 118 valence electrons. The Kier molecular flexibility index (Phi) is 4.85. The third-order valence-corrected chi connectivity index (χ3v) is 7.37. The number of halogens is 1. The summed E-state index contributed by atoms with van der Waals surface area (Å²) < 4.78 is 24.1. The van der Waals surface area contributed by atoms with Crippen LogP contribution in [0.15, 0.2) is 17.1 Å². The minimum Gasteiger partial charge on any atom is -0.351 e. The first kappa shape index (κ1) is 16.6. The summed E-state index contributed by atoms with van der Waals surface area (Å²) in [6, 6.07) is 3.83. The Balaban J connectivity index is 2.02. The summed E-state index contributed by atoms with van der Waals surface area (Å²) >= 11 is 7.43. The lowest BCUT2D eigenvalue weighted by molar-refractivity contribution is 0.353. The minimum absolute atomic E-state index is 0.158. The summed E-state index contributed by atoms with van der Waals surface area (Å²) in [7, 11) is -1.33. The molecule has 0 unspecified atom stereocenters. The second-order valence-corrected chi connectivity index (χ2v) is 10.1. The molecule has 2 rings (SSSR count). The summed E-state index contributed by atoms with van der Waals surface area (Å²) in [5.74, 6) is 0.883. The van der Waals surface area contributed by atoms with E-state index in [0.29, 0.717) is 19.6 Å². The van der Waals surface area contributed by atoms with E-state index >= 15 is 0 Å². The fraction of sp³-hybridized carbons (Fsp3) is 0.615. The van der Waals surface area contributed by atoms with Crippen molar-refractivity contribution >= 4 is 38.7 Å². The zero-order chi connectivity index (χ0) is 15.7. The number of nitrogens with one attached hydrogen (secondary N) is 1. The van der Waals surface area contributed by atoms with Gasteiger partial charge in [0, 0.05) is 25.0 Å². The lowest BCUT2D eigenvalue weighted by Crippen LogP contribution is -2.57. The van der Waals surface area contributed by atoms with Gasteiger partial charge in [0.25, 0.3) is 0 Å². The second-order valence-electron chi connectivity index (χ2n) is 5.61. The number of thiophene rings is 1. The van der Waals surface area contributed by atoms with E-state index in [0.717, 1.165) is 15.2 Å². The molecule has 0 aromatic carbocycles. The van der Waals surface area contributed by atoms with Crippen molar-refractivity contribution in [1.82, 2.24) is 10.2 Å². The van der Waals surface area contributed by atoms with Crippen molar-refractivity contribution in [2.45, 2.75) is 25.1 Å². The normalized spacial score (nSPS) is 21.3. The average Bonchev–Trinajstić information content (AvgIpc) is 2.80. The van der Waals surface area contributed by atoms with Gasteiger partial charge in [-0.15, -0.1) is 11.3 Å².